The third-order valence-corrected chi connectivity index (χ3v) is 5.97. The van der Waals surface area contributed by atoms with E-state index in [2.05, 4.69) is 0 Å². The zero-order valence-corrected chi connectivity index (χ0v) is 12.8. The minimum atomic E-state index is -3.26. The molecule has 0 fully saturated rings. The molecule has 0 saturated carbocycles. The molecule has 0 aromatic carbocycles. The van der Waals surface area contributed by atoms with E-state index in [1.807, 2.05) is 0 Å². The molecule has 0 aliphatic rings. The third-order valence-electron chi connectivity index (χ3n) is 1.85. The predicted molar refractivity (Wildman–Crippen MR) is 70.3 cm³/mol. The molecule has 0 spiro atoms. The maximum Gasteiger partial charge on any atom is 0.335 e. The second kappa shape index (κ2) is 8.18. The summed E-state index contributed by atoms with van der Waals surface area (Å²) in [6, 6.07) is 0. The Kier molecular flexibility index (Phi) is 8.70. The standard InChI is InChI=1S/C9H18Cl3O3P/c1-7(4-10)14-16(13,9(3)6-12)15-8(2)5-11/h7-9H,4-6H2,1-3H3/t7-,8-,9-/m1/s1. The largest absolute Gasteiger partial charge is 0.335 e. The summed E-state index contributed by atoms with van der Waals surface area (Å²) in [5.74, 6) is 0.691. The number of hydrogen-bond acceptors (Lipinski definition) is 3. The Morgan fingerprint density at radius 2 is 1.31 bits per heavy atom. The van der Waals surface area contributed by atoms with Crippen LogP contribution in [0.3, 0.4) is 0 Å². The van der Waals surface area contributed by atoms with E-state index < -0.39 is 7.60 Å². The molecule has 7 heteroatoms. The van der Waals surface area contributed by atoms with Gasteiger partial charge in [0.25, 0.3) is 0 Å². The van der Waals surface area contributed by atoms with Crippen molar-refractivity contribution in [1.29, 1.82) is 0 Å². The van der Waals surface area contributed by atoms with Gasteiger partial charge in [-0.2, -0.15) is 0 Å². The Morgan fingerprint density at radius 1 is 0.938 bits per heavy atom. The van der Waals surface area contributed by atoms with Crippen LogP contribution in [0.2, 0.25) is 0 Å². The third kappa shape index (κ3) is 5.57. The Hall–Kier alpha value is 1.02. The van der Waals surface area contributed by atoms with Crippen molar-refractivity contribution in [3.05, 3.63) is 0 Å². The molecule has 0 aliphatic heterocycles. The number of halogens is 3. The molecule has 0 radical (unpaired) electrons. The van der Waals surface area contributed by atoms with Crippen LogP contribution in [0.5, 0.6) is 0 Å². The zero-order valence-electron chi connectivity index (χ0n) is 9.66. The Morgan fingerprint density at radius 3 is 1.56 bits per heavy atom. The van der Waals surface area contributed by atoms with Gasteiger partial charge in [0, 0.05) is 17.6 Å². The van der Waals surface area contributed by atoms with Gasteiger partial charge in [-0.05, 0) is 20.8 Å². The highest BCUT2D eigenvalue weighted by Gasteiger charge is 2.35. The van der Waals surface area contributed by atoms with Gasteiger partial charge in [0.15, 0.2) is 0 Å². The summed E-state index contributed by atoms with van der Waals surface area (Å²) in [6.45, 7) is 5.18. The lowest BCUT2D eigenvalue weighted by atomic mass is 10.5. The lowest BCUT2D eigenvalue weighted by Gasteiger charge is -2.27. The monoisotopic (exact) mass is 310 g/mol. The normalized spacial score (nSPS) is 18.1. The molecular formula is C9H18Cl3O3P. The molecular weight excluding hydrogens is 293 g/mol. The van der Waals surface area contributed by atoms with E-state index in [4.69, 9.17) is 43.9 Å². The van der Waals surface area contributed by atoms with Crippen molar-refractivity contribution in [2.75, 3.05) is 17.6 Å². The van der Waals surface area contributed by atoms with E-state index in [1.54, 1.807) is 20.8 Å². The van der Waals surface area contributed by atoms with E-state index in [0.29, 0.717) is 0 Å². The minimum absolute atomic E-state index is 0.196. The highest BCUT2D eigenvalue weighted by molar-refractivity contribution is 7.54. The van der Waals surface area contributed by atoms with Gasteiger partial charge in [0.1, 0.15) is 0 Å². The second-order valence-electron chi connectivity index (χ2n) is 3.68. The first kappa shape index (κ1) is 17.0. The van der Waals surface area contributed by atoms with Gasteiger partial charge in [-0.25, -0.2) is 0 Å². The summed E-state index contributed by atoms with van der Waals surface area (Å²) in [5.41, 5.74) is -0.384. The summed E-state index contributed by atoms with van der Waals surface area (Å²) in [6.07, 6.45) is -0.693. The molecule has 3 nitrogen and oxygen atoms in total. The summed E-state index contributed by atoms with van der Waals surface area (Å²) in [5, 5.41) is 0. The van der Waals surface area contributed by atoms with Crippen molar-refractivity contribution in [2.45, 2.75) is 38.6 Å². The van der Waals surface area contributed by atoms with E-state index in [-0.39, 0.29) is 35.5 Å². The van der Waals surface area contributed by atoms with Crippen molar-refractivity contribution < 1.29 is 13.6 Å². The first-order chi connectivity index (χ1) is 7.39. The van der Waals surface area contributed by atoms with Crippen LogP contribution in [0.1, 0.15) is 20.8 Å². The van der Waals surface area contributed by atoms with Crippen molar-refractivity contribution in [3.8, 4) is 0 Å². The minimum Gasteiger partial charge on any atom is -0.304 e. The molecule has 16 heavy (non-hydrogen) atoms. The lowest BCUT2D eigenvalue weighted by molar-refractivity contribution is 0.141. The zero-order chi connectivity index (χ0) is 12.8. The number of alkyl halides is 3. The van der Waals surface area contributed by atoms with Gasteiger partial charge < -0.3 is 9.05 Å². The van der Waals surface area contributed by atoms with Crippen molar-refractivity contribution in [3.63, 3.8) is 0 Å². The quantitative estimate of drug-likeness (QED) is 0.500. The second-order valence-corrected chi connectivity index (χ2v) is 6.99. The molecule has 0 aromatic rings. The number of hydrogen-bond donors (Lipinski definition) is 0. The van der Waals surface area contributed by atoms with Crippen LogP contribution in [0.25, 0.3) is 0 Å². The van der Waals surface area contributed by atoms with Crippen molar-refractivity contribution >= 4 is 42.4 Å². The van der Waals surface area contributed by atoms with Crippen LogP contribution in [0.4, 0.5) is 0 Å². The lowest BCUT2D eigenvalue weighted by Crippen LogP contribution is -2.21. The van der Waals surface area contributed by atoms with Gasteiger partial charge in [-0.15, -0.1) is 34.8 Å². The maximum atomic E-state index is 12.4. The fourth-order valence-corrected chi connectivity index (χ4v) is 3.47. The van der Waals surface area contributed by atoms with Crippen LogP contribution >= 0.6 is 42.4 Å². The topological polar surface area (TPSA) is 35.5 Å². The van der Waals surface area contributed by atoms with E-state index in [1.165, 1.54) is 0 Å². The van der Waals surface area contributed by atoms with Gasteiger partial charge >= 0.3 is 7.60 Å². The molecule has 0 rings (SSSR count). The highest BCUT2D eigenvalue weighted by atomic mass is 35.5. The fourth-order valence-electron chi connectivity index (χ4n) is 0.875. The summed E-state index contributed by atoms with van der Waals surface area (Å²) >= 11 is 16.9. The van der Waals surface area contributed by atoms with Gasteiger partial charge in [0.05, 0.1) is 17.9 Å². The average Bonchev–Trinajstić information content (AvgIpc) is 2.27. The van der Waals surface area contributed by atoms with Crippen LogP contribution < -0.4 is 0 Å². The SMILES string of the molecule is C[C@H](CCl)OP(=O)(O[C@H](C)CCl)[C@H](C)CCl. The highest BCUT2D eigenvalue weighted by Crippen LogP contribution is 2.55. The van der Waals surface area contributed by atoms with E-state index >= 15 is 0 Å². The Labute approximate surface area is 112 Å². The van der Waals surface area contributed by atoms with E-state index in [9.17, 15) is 4.57 Å². The Bertz CT molecular complexity index is 224. The molecule has 0 aliphatic carbocycles. The smallest absolute Gasteiger partial charge is 0.304 e. The molecule has 3 atom stereocenters. The average molecular weight is 312 g/mol. The summed E-state index contributed by atoms with van der Waals surface area (Å²) in [7, 11) is -3.26. The summed E-state index contributed by atoms with van der Waals surface area (Å²) < 4.78 is 23.2. The van der Waals surface area contributed by atoms with E-state index in [0.717, 1.165) is 0 Å². The van der Waals surface area contributed by atoms with Crippen molar-refractivity contribution in [2.24, 2.45) is 0 Å². The van der Waals surface area contributed by atoms with Crippen LogP contribution in [-0.4, -0.2) is 35.5 Å². The molecule has 98 valence electrons. The molecule has 0 amide bonds. The fraction of sp³-hybridized carbons (Fsp3) is 1.00. The van der Waals surface area contributed by atoms with Crippen molar-refractivity contribution in [1.82, 2.24) is 0 Å². The van der Waals surface area contributed by atoms with Gasteiger partial charge in [0.2, 0.25) is 0 Å². The molecule has 0 saturated heterocycles. The van der Waals surface area contributed by atoms with Crippen LogP contribution in [-0.2, 0) is 13.6 Å². The molecule has 0 N–H and O–H groups in total. The molecule has 0 bridgehead atoms. The first-order valence-corrected chi connectivity index (χ1v) is 8.25. The van der Waals surface area contributed by atoms with Gasteiger partial charge in [-0.1, -0.05) is 0 Å². The molecule has 0 aromatic heterocycles. The number of rotatable bonds is 8. The Balaban J connectivity index is 4.68. The summed E-state index contributed by atoms with van der Waals surface area (Å²) in [4.78, 5) is 0. The first-order valence-electron chi connectivity index (χ1n) is 5.04. The molecule has 0 heterocycles. The predicted octanol–water partition coefficient (Wildman–Crippen LogP) is 4.09. The van der Waals surface area contributed by atoms with Crippen LogP contribution in [0.15, 0.2) is 0 Å². The molecule has 0 unspecified atom stereocenters. The maximum absolute atomic E-state index is 12.4. The van der Waals surface area contributed by atoms with Gasteiger partial charge in [-0.3, -0.25) is 4.57 Å². The van der Waals surface area contributed by atoms with Crippen LogP contribution in [0, 0.1) is 0 Å².